The van der Waals surface area contributed by atoms with Crippen molar-refractivity contribution in [1.29, 1.82) is 0 Å². The number of carbonyl (C=O) groups excluding carboxylic acids is 4. The third kappa shape index (κ3) is 10.9. The van der Waals surface area contributed by atoms with E-state index in [9.17, 15) is 29.4 Å². The largest absolute Gasteiger partial charge is 0.364 e. The maximum Gasteiger partial charge on any atom is 0.270 e. The predicted octanol–water partition coefficient (Wildman–Crippen LogP) is 1.11. The van der Waals surface area contributed by atoms with Crippen LogP contribution in [0.3, 0.4) is 0 Å². The van der Waals surface area contributed by atoms with E-state index in [1.54, 1.807) is 80.6 Å². The van der Waals surface area contributed by atoms with Crippen molar-refractivity contribution in [3.63, 3.8) is 0 Å². The standard InChI is InChI=1S/C34H39N5O6/c1-4-18-36-31(41)27(20-24-13-7-5-8-14-24)37-29(40)22-34(44,45)28(21-25-15-9-6-10-16-25)38-33(43)30(23(2)3)39-32(42)26-17-11-12-19-35-26/h1,5-17,19,23,27-28,30,44-45H,18,20-22H2,2-3H3,(H,36,41)(H,37,40)(H,38,43)(H,39,42)/t27-,28-,30-/m0/s1. The van der Waals surface area contributed by atoms with E-state index in [4.69, 9.17) is 6.42 Å². The number of nitrogens with zero attached hydrogens (tertiary/aromatic N) is 1. The molecule has 6 N–H and O–H groups in total. The minimum Gasteiger partial charge on any atom is -0.364 e. The van der Waals surface area contributed by atoms with Crippen LogP contribution in [0.5, 0.6) is 0 Å². The number of nitrogens with one attached hydrogen (secondary N) is 4. The Bertz CT molecular complexity index is 1460. The molecule has 0 unspecified atom stereocenters. The van der Waals surface area contributed by atoms with Gasteiger partial charge in [0.15, 0.2) is 5.79 Å². The van der Waals surface area contributed by atoms with Crippen LogP contribution in [0.1, 0.15) is 41.9 Å². The molecule has 236 valence electrons. The quantitative estimate of drug-likeness (QED) is 0.110. The van der Waals surface area contributed by atoms with E-state index in [1.165, 1.54) is 12.3 Å². The van der Waals surface area contributed by atoms with Crippen LogP contribution >= 0.6 is 0 Å². The Morgan fingerprint density at radius 1 is 0.822 bits per heavy atom. The molecule has 4 amide bonds. The first-order valence-corrected chi connectivity index (χ1v) is 14.6. The molecule has 11 nitrogen and oxygen atoms in total. The Labute approximate surface area is 262 Å². The van der Waals surface area contributed by atoms with Crippen LogP contribution in [0.15, 0.2) is 85.1 Å². The molecular weight excluding hydrogens is 574 g/mol. The Hall–Kier alpha value is -5.05. The normalized spacial score (nSPS) is 13.1. The monoisotopic (exact) mass is 613 g/mol. The third-order valence-corrected chi connectivity index (χ3v) is 7.01. The summed E-state index contributed by atoms with van der Waals surface area (Å²) >= 11 is 0. The highest BCUT2D eigenvalue weighted by molar-refractivity contribution is 5.96. The summed E-state index contributed by atoms with van der Waals surface area (Å²) in [4.78, 5) is 56.3. The number of rotatable bonds is 15. The number of carbonyl (C=O) groups is 4. The highest BCUT2D eigenvalue weighted by Crippen LogP contribution is 2.19. The molecule has 0 saturated heterocycles. The van der Waals surface area contributed by atoms with Crippen molar-refractivity contribution in [3.8, 4) is 12.3 Å². The molecule has 3 aromatic rings. The summed E-state index contributed by atoms with van der Waals surface area (Å²) in [6.45, 7) is 3.40. The van der Waals surface area contributed by atoms with Crippen molar-refractivity contribution in [3.05, 3.63) is 102 Å². The zero-order valence-corrected chi connectivity index (χ0v) is 25.3. The lowest BCUT2D eigenvalue weighted by molar-refractivity contribution is -0.192. The van der Waals surface area contributed by atoms with Gasteiger partial charge >= 0.3 is 0 Å². The molecule has 2 aromatic carbocycles. The minimum atomic E-state index is -2.76. The van der Waals surface area contributed by atoms with Crippen molar-refractivity contribution in [1.82, 2.24) is 26.3 Å². The molecule has 0 aliphatic rings. The number of terminal acetylenes is 1. The molecule has 0 spiro atoms. The van der Waals surface area contributed by atoms with E-state index in [1.807, 2.05) is 6.07 Å². The lowest BCUT2D eigenvalue weighted by Crippen LogP contribution is -2.60. The average molecular weight is 614 g/mol. The summed E-state index contributed by atoms with van der Waals surface area (Å²) in [5.41, 5.74) is 1.54. The van der Waals surface area contributed by atoms with Crippen LogP contribution in [0.25, 0.3) is 0 Å². The average Bonchev–Trinajstić information content (AvgIpc) is 3.02. The molecule has 1 heterocycles. The van der Waals surface area contributed by atoms with Gasteiger partial charge in [-0.15, -0.1) is 6.42 Å². The van der Waals surface area contributed by atoms with Crippen LogP contribution in [0.4, 0.5) is 0 Å². The van der Waals surface area contributed by atoms with Gasteiger partial charge in [0.1, 0.15) is 17.8 Å². The predicted molar refractivity (Wildman–Crippen MR) is 168 cm³/mol. The van der Waals surface area contributed by atoms with Crippen molar-refractivity contribution in [2.45, 2.75) is 57.0 Å². The zero-order valence-electron chi connectivity index (χ0n) is 25.3. The van der Waals surface area contributed by atoms with Crippen molar-refractivity contribution in [2.24, 2.45) is 5.92 Å². The fraction of sp³-hybridized carbons (Fsp3) is 0.324. The third-order valence-electron chi connectivity index (χ3n) is 7.01. The van der Waals surface area contributed by atoms with Gasteiger partial charge in [-0.2, -0.15) is 0 Å². The number of aliphatic hydroxyl groups is 2. The molecule has 1 aromatic heterocycles. The van der Waals surface area contributed by atoms with Crippen LogP contribution < -0.4 is 21.3 Å². The topological polar surface area (TPSA) is 170 Å². The molecule has 45 heavy (non-hydrogen) atoms. The van der Waals surface area contributed by atoms with E-state index >= 15 is 0 Å². The summed E-state index contributed by atoms with van der Waals surface area (Å²) in [5.74, 6) is -3.46. The summed E-state index contributed by atoms with van der Waals surface area (Å²) in [6, 6.07) is 19.1. The number of pyridine rings is 1. The number of amides is 4. The molecule has 0 fully saturated rings. The maximum atomic E-state index is 13.5. The molecule has 11 heteroatoms. The first-order valence-electron chi connectivity index (χ1n) is 14.6. The van der Waals surface area contributed by atoms with Gasteiger partial charge < -0.3 is 31.5 Å². The fourth-order valence-electron chi connectivity index (χ4n) is 4.61. The second-order valence-corrected chi connectivity index (χ2v) is 10.9. The van der Waals surface area contributed by atoms with Crippen LogP contribution in [0, 0.1) is 18.3 Å². The van der Waals surface area contributed by atoms with Gasteiger partial charge in [0.05, 0.1) is 19.0 Å². The van der Waals surface area contributed by atoms with Gasteiger partial charge in [0, 0.05) is 12.6 Å². The van der Waals surface area contributed by atoms with Crippen molar-refractivity contribution in [2.75, 3.05) is 6.54 Å². The first-order chi connectivity index (χ1) is 21.5. The van der Waals surface area contributed by atoms with E-state index < -0.39 is 54.0 Å². The van der Waals surface area contributed by atoms with Crippen LogP contribution in [0.2, 0.25) is 0 Å². The highest BCUT2D eigenvalue weighted by Gasteiger charge is 2.40. The number of aromatic nitrogens is 1. The lowest BCUT2D eigenvalue weighted by atomic mass is 9.94. The molecule has 0 bridgehead atoms. The fourth-order valence-corrected chi connectivity index (χ4v) is 4.61. The van der Waals surface area contributed by atoms with Gasteiger partial charge in [0.2, 0.25) is 17.7 Å². The van der Waals surface area contributed by atoms with E-state index in [0.717, 1.165) is 5.56 Å². The molecule has 3 rings (SSSR count). The van der Waals surface area contributed by atoms with Crippen LogP contribution in [-0.4, -0.2) is 69.3 Å². The van der Waals surface area contributed by atoms with Gasteiger partial charge in [-0.3, -0.25) is 24.2 Å². The Morgan fingerprint density at radius 2 is 1.42 bits per heavy atom. The second kappa shape index (κ2) is 16.7. The molecule has 0 aliphatic heterocycles. The summed E-state index contributed by atoms with van der Waals surface area (Å²) in [7, 11) is 0. The Balaban J connectivity index is 1.80. The van der Waals surface area contributed by atoms with Gasteiger partial charge in [-0.1, -0.05) is 86.5 Å². The number of hydrogen-bond donors (Lipinski definition) is 6. The van der Waals surface area contributed by atoms with Crippen molar-refractivity contribution >= 4 is 23.6 Å². The number of benzene rings is 2. The highest BCUT2D eigenvalue weighted by atomic mass is 16.5. The van der Waals surface area contributed by atoms with E-state index in [2.05, 4.69) is 32.2 Å². The summed E-state index contributed by atoms with van der Waals surface area (Å²) in [5, 5.41) is 33.0. The smallest absolute Gasteiger partial charge is 0.270 e. The van der Waals surface area contributed by atoms with Gasteiger partial charge in [-0.25, -0.2) is 0 Å². The zero-order chi connectivity index (χ0) is 32.8. The molecule has 3 atom stereocenters. The second-order valence-electron chi connectivity index (χ2n) is 10.9. The minimum absolute atomic E-state index is 0.0526. The van der Waals surface area contributed by atoms with E-state index in [-0.39, 0.29) is 31.0 Å². The lowest BCUT2D eigenvalue weighted by Gasteiger charge is -2.34. The van der Waals surface area contributed by atoms with Gasteiger partial charge in [-0.05, 0) is 35.6 Å². The maximum absolute atomic E-state index is 13.5. The van der Waals surface area contributed by atoms with Crippen molar-refractivity contribution < 1.29 is 29.4 Å². The molecule has 0 radical (unpaired) electrons. The Kier molecular flexibility index (Phi) is 12.8. The molecule has 0 aliphatic carbocycles. The van der Waals surface area contributed by atoms with E-state index in [0.29, 0.717) is 5.56 Å². The first kappa shape index (κ1) is 34.4. The SMILES string of the molecule is C#CCNC(=O)[C@H](Cc1ccccc1)NC(=O)CC(O)(O)[C@H](Cc1ccccc1)NC(=O)[C@@H](NC(=O)c1ccccn1)C(C)C. The van der Waals surface area contributed by atoms with Crippen LogP contribution in [-0.2, 0) is 27.2 Å². The molecular formula is C34H39N5O6. The van der Waals surface area contributed by atoms with Gasteiger partial charge in [0.25, 0.3) is 5.91 Å². The Morgan fingerprint density at radius 3 is 1.98 bits per heavy atom. The number of hydrogen-bond acceptors (Lipinski definition) is 7. The summed E-state index contributed by atoms with van der Waals surface area (Å²) < 4.78 is 0. The summed E-state index contributed by atoms with van der Waals surface area (Å²) in [6.07, 6.45) is 5.93. The molecule has 0 saturated carbocycles.